The average molecular weight is 250 g/mol. The number of amides is 1. The molecule has 0 aliphatic heterocycles. The van der Waals surface area contributed by atoms with E-state index in [4.69, 9.17) is 10.2 Å². The molecule has 18 heavy (non-hydrogen) atoms. The zero-order valence-corrected chi connectivity index (χ0v) is 11.2. The normalized spacial score (nSPS) is 28.1. The van der Waals surface area contributed by atoms with Crippen molar-refractivity contribution < 1.29 is 9.21 Å². The van der Waals surface area contributed by atoms with Crippen LogP contribution in [0.25, 0.3) is 0 Å². The fourth-order valence-corrected chi connectivity index (χ4v) is 2.57. The second-order valence-corrected chi connectivity index (χ2v) is 5.57. The lowest BCUT2D eigenvalue weighted by Crippen LogP contribution is -2.55. The lowest BCUT2D eigenvalue weighted by molar-refractivity contribution is 0.0859. The van der Waals surface area contributed by atoms with Gasteiger partial charge in [0.2, 0.25) is 0 Å². The predicted molar refractivity (Wildman–Crippen MR) is 70.3 cm³/mol. The molecule has 0 spiro atoms. The maximum atomic E-state index is 12.1. The molecule has 3 N–H and O–H groups in total. The fourth-order valence-electron chi connectivity index (χ4n) is 2.57. The molecule has 1 saturated carbocycles. The van der Waals surface area contributed by atoms with Crippen LogP contribution in [-0.2, 0) is 0 Å². The van der Waals surface area contributed by atoms with Crippen molar-refractivity contribution in [2.24, 2.45) is 11.7 Å². The summed E-state index contributed by atoms with van der Waals surface area (Å²) in [6.45, 7) is 4.59. The first-order valence-electron chi connectivity index (χ1n) is 6.62. The first-order chi connectivity index (χ1) is 8.54. The van der Waals surface area contributed by atoms with E-state index < -0.39 is 0 Å². The van der Waals surface area contributed by atoms with E-state index >= 15 is 0 Å². The largest absolute Gasteiger partial charge is 0.469 e. The number of hydrogen-bond donors (Lipinski definition) is 2. The summed E-state index contributed by atoms with van der Waals surface area (Å²) in [7, 11) is 0. The summed E-state index contributed by atoms with van der Waals surface area (Å²) in [5.74, 6) is 1.41. The van der Waals surface area contributed by atoms with Gasteiger partial charge < -0.3 is 15.5 Å². The van der Waals surface area contributed by atoms with Crippen LogP contribution in [0.3, 0.4) is 0 Å². The van der Waals surface area contributed by atoms with E-state index in [-0.39, 0.29) is 11.4 Å². The summed E-state index contributed by atoms with van der Waals surface area (Å²) in [6.07, 6.45) is 5.69. The van der Waals surface area contributed by atoms with Crippen LogP contribution in [0, 0.1) is 12.8 Å². The zero-order valence-electron chi connectivity index (χ0n) is 11.2. The Morgan fingerprint density at radius 2 is 2.22 bits per heavy atom. The number of hydrogen-bond acceptors (Lipinski definition) is 3. The molecule has 100 valence electrons. The van der Waals surface area contributed by atoms with Crippen LogP contribution < -0.4 is 11.1 Å². The van der Waals surface area contributed by atoms with Gasteiger partial charge in [0.1, 0.15) is 12.0 Å². The smallest absolute Gasteiger partial charge is 0.255 e. The van der Waals surface area contributed by atoms with Gasteiger partial charge >= 0.3 is 0 Å². The molecule has 0 bridgehead atoms. The monoisotopic (exact) mass is 250 g/mol. The minimum atomic E-state index is -0.227. The molecule has 1 fully saturated rings. The lowest BCUT2D eigenvalue weighted by atomic mass is 9.77. The molecule has 1 aliphatic rings. The van der Waals surface area contributed by atoms with Gasteiger partial charge in [-0.1, -0.05) is 6.92 Å². The summed E-state index contributed by atoms with van der Waals surface area (Å²) in [6, 6.07) is 1.75. The number of furan rings is 1. The van der Waals surface area contributed by atoms with Crippen LogP contribution in [0.1, 0.15) is 48.7 Å². The Hall–Kier alpha value is -1.29. The fraction of sp³-hybridized carbons (Fsp3) is 0.643. The number of nitrogens with two attached hydrogens (primary N) is 1. The van der Waals surface area contributed by atoms with Crippen molar-refractivity contribution in [3.63, 3.8) is 0 Å². The van der Waals surface area contributed by atoms with Gasteiger partial charge in [0.25, 0.3) is 5.91 Å². The zero-order chi connectivity index (χ0) is 13.2. The maximum Gasteiger partial charge on any atom is 0.255 e. The highest BCUT2D eigenvalue weighted by atomic mass is 16.3. The standard InChI is InChI=1S/C14H22N2O2/c1-10-3-5-14(9-15,6-4-10)16-13(17)12-7-11(2)18-8-12/h7-8,10H,3-6,9,15H2,1-2H3,(H,16,17). The molecule has 0 unspecified atom stereocenters. The minimum absolute atomic E-state index is 0.0770. The summed E-state index contributed by atoms with van der Waals surface area (Å²) < 4.78 is 5.17. The van der Waals surface area contributed by atoms with Gasteiger partial charge in [-0.05, 0) is 44.6 Å². The first kappa shape index (κ1) is 13.1. The SMILES string of the molecule is Cc1cc(C(=O)NC2(CN)CCC(C)CC2)co1. The van der Waals surface area contributed by atoms with Crippen molar-refractivity contribution in [2.75, 3.05) is 6.54 Å². The van der Waals surface area contributed by atoms with Crippen molar-refractivity contribution in [3.05, 3.63) is 23.7 Å². The van der Waals surface area contributed by atoms with E-state index in [1.807, 2.05) is 6.92 Å². The Bertz CT molecular complexity index is 417. The van der Waals surface area contributed by atoms with E-state index in [2.05, 4.69) is 12.2 Å². The third kappa shape index (κ3) is 2.75. The van der Waals surface area contributed by atoms with Crippen LogP contribution in [0.2, 0.25) is 0 Å². The van der Waals surface area contributed by atoms with Crippen LogP contribution in [0.15, 0.2) is 16.7 Å². The Balaban J connectivity index is 2.04. The Kier molecular flexibility index (Phi) is 3.76. The number of carbonyl (C=O) groups excluding carboxylic acids is 1. The highest BCUT2D eigenvalue weighted by Gasteiger charge is 2.34. The Morgan fingerprint density at radius 3 is 2.72 bits per heavy atom. The second kappa shape index (κ2) is 5.14. The van der Waals surface area contributed by atoms with Crippen molar-refractivity contribution in [1.82, 2.24) is 5.32 Å². The van der Waals surface area contributed by atoms with E-state index in [1.165, 1.54) is 6.26 Å². The van der Waals surface area contributed by atoms with Gasteiger partial charge in [-0.3, -0.25) is 4.79 Å². The molecule has 1 aromatic rings. The second-order valence-electron chi connectivity index (χ2n) is 5.57. The summed E-state index contributed by atoms with van der Waals surface area (Å²) in [5.41, 5.74) is 6.23. The molecule has 0 atom stereocenters. The number of rotatable bonds is 3. The average Bonchev–Trinajstić information content (AvgIpc) is 2.79. The summed E-state index contributed by atoms with van der Waals surface area (Å²) in [5, 5.41) is 3.11. The molecule has 1 heterocycles. The molecule has 1 aromatic heterocycles. The van der Waals surface area contributed by atoms with Gasteiger partial charge in [-0.15, -0.1) is 0 Å². The maximum absolute atomic E-state index is 12.1. The van der Waals surface area contributed by atoms with Gasteiger partial charge in [-0.25, -0.2) is 0 Å². The molecule has 1 aliphatic carbocycles. The van der Waals surface area contributed by atoms with Crippen molar-refractivity contribution >= 4 is 5.91 Å². The highest BCUT2D eigenvalue weighted by Crippen LogP contribution is 2.31. The molecular weight excluding hydrogens is 228 g/mol. The van der Waals surface area contributed by atoms with Crippen LogP contribution >= 0.6 is 0 Å². The Morgan fingerprint density at radius 1 is 1.56 bits per heavy atom. The molecule has 0 saturated heterocycles. The molecule has 0 radical (unpaired) electrons. The Labute approximate surface area is 108 Å². The highest BCUT2D eigenvalue weighted by molar-refractivity contribution is 5.94. The third-order valence-corrected chi connectivity index (χ3v) is 3.99. The molecule has 2 rings (SSSR count). The van der Waals surface area contributed by atoms with E-state index in [0.29, 0.717) is 12.1 Å². The molecule has 4 heteroatoms. The summed E-state index contributed by atoms with van der Waals surface area (Å²) >= 11 is 0. The van der Waals surface area contributed by atoms with E-state index in [1.54, 1.807) is 6.07 Å². The van der Waals surface area contributed by atoms with Gasteiger partial charge in [0.15, 0.2) is 0 Å². The topological polar surface area (TPSA) is 68.3 Å². The van der Waals surface area contributed by atoms with Crippen molar-refractivity contribution in [2.45, 2.75) is 45.1 Å². The van der Waals surface area contributed by atoms with Crippen LogP contribution in [-0.4, -0.2) is 18.0 Å². The minimum Gasteiger partial charge on any atom is -0.469 e. The van der Waals surface area contributed by atoms with Crippen LogP contribution in [0.4, 0.5) is 0 Å². The lowest BCUT2D eigenvalue weighted by Gasteiger charge is -2.39. The van der Waals surface area contributed by atoms with Crippen molar-refractivity contribution in [1.29, 1.82) is 0 Å². The third-order valence-electron chi connectivity index (χ3n) is 3.99. The first-order valence-corrected chi connectivity index (χ1v) is 6.62. The van der Waals surface area contributed by atoms with Gasteiger partial charge in [0.05, 0.1) is 11.1 Å². The molecule has 0 aromatic carbocycles. The van der Waals surface area contributed by atoms with Gasteiger partial charge in [0, 0.05) is 6.54 Å². The predicted octanol–water partition coefficient (Wildman–Crippen LogP) is 2.23. The number of carbonyl (C=O) groups is 1. The van der Waals surface area contributed by atoms with Crippen LogP contribution in [0.5, 0.6) is 0 Å². The van der Waals surface area contributed by atoms with Crippen molar-refractivity contribution in [3.8, 4) is 0 Å². The molecule has 4 nitrogen and oxygen atoms in total. The van der Waals surface area contributed by atoms with E-state index in [0.717, 1.165) is 37.4 Å². The summed E-state index contributed by atoms with van der Waals surface area (Å²) in [4.78, 5) is 12.1. The molecular formula is C14H22N2O2. The molecule has 1 amide bonds. The van der Waals surface area contributed by atoms with Gasteiger partial charge in [-0.2, -0.15) is 0 Å². The number of aryl methyl sites for hydroxylation is 1. The van der Waals surface area contributed by atoms with E-state index in [9.17, 15) is 4.79 Å². The quantitative estimate of drug-likeness (QED) is 0.864. The number of nitrogens with one attached hydrogen (secondary N) is 1.